The Hall–Kier alpha value is -0.730. The second-order valence-corrected chi connectivity index (χ2v) is 6.20. The molecule has 3 rings (SSSR count). The first-order valence-electron chi connectivity index (χ1n) is 6.43. The first-order valence-corrected chi connectivity index (χ1v) is 7.42. The molecule has 90 valence electrons. The van der Waals surface area contributed by atoms with Crippen molar-refractivity contribution in [1.29, 1.82) is 0 Å². The van der Waals surface area contributed by atoms with Gasteiger partial charge in [0.1, 0.15) is 0 Å². The van der Waals surface area contributed by atoms with E-state index < -0.39 is 0 Å². The van der Waals surface area contributed by atoms with Gasteiger partial charge in [0.15, 0.2) is 0 Å². The zero-order chi connectivity index (χ0) is 11.7. The van der Waals surface area contributed by atoms with Crippen molar-refractivity contribution >= 4 is 11.8 Å². The molecule has 0 aromatic heterocycles. The van der Waals surface area contributed by atoms with Crippen LogP contribution in [0.15, 0.2) is 34.7 Å². The van der Waals surface area contributed by atoms with Crippen LogP contribution in [0.1, 0.15) is 24.0 Å². The molecule has 0 unspecified atom stereocenters. The van der Waals surface area contributed by atoms with Crippen molar-refractivity contribution in [3.8, 4) is 0 Å². The Balaban J connectivity index is 1.70. The van der Waals surface area contributed by atoms with Crippen LogP contribution in [0.2, 0.25) is 0 Å². The van der Waals surface area contributed by atoms with Gasteiger partial charge in [0.05, 0.1) is 0 Å². The average molecular weight is 245 g/mol. The lowest BCUT2D eigenvalue weighted by Gasteiger charge is -2.28. The summed E-state index contributed by atoms with van der Waals surface area (Å²) in [6, 6.07) is 8.77. The molecule has 17 heavy (non-hydrogen) atoms. The summed E-state index contributed by atoms with van der Waals surface area (Å²) >= 11 is 2.09. The van der Waals surface area contributed by atoms with Gasteiger partial charge in [-0.05, 0) is 41.4 Å². The highest BCUT2D eigenvalue weighted by Gasteiger charge is 2.23. The second-order valence-electron chi connectivity index (χ2n) is 5.01. The second kappa shape index (κ2) is 4.87. The minimum atomic E-state index is 1.12. The van der Waals surface area contributed by atoms with E-state index in [0.29, 0.717) is 0 Å². The van der Waals surface area contributed by atoms with Crippen LogP contribution < -0.4 is 0 Å². The van der Waals surface area contributed by atoms with Gasteiger partial charge in [-0.1, -0.05) is 24.3 Å². The lowest BCUT2D eigenvalue weighted by molar-refractivity contribution is 0.279. The van der Waals surface area contributed by atoms with E-state index in [-0.39, 0.29) is 0 Å². The Kier molecular flexibility index (Phi) is 3.26. The molecule has 0 radical (unpaired) electrons. The highest BCUT2D eigenvalue weighted by molar-refractivity contribution is 8.03. The van der Waals surface area contributed by atoms with E-state index in [0.717, 1.165) is 6.54 Å². The molecule has 0 saturated carbocycles. The SMILES string of the molecule is Cc1ccccc1CN1CCC2=C(CCS2)C1. The van der Waals surface area contributed by atoms with E-state index in [9.17, 15) is 0 Å². The molecule has 2 aliphatic heterocycles. The maximum atomic E-state index is 2.60. The molecule has 1 aromatic rings. The van der Waals surface area contributed by atoms with E-state index in [1.807, 2.05) is 0 Å². The molecule has 0 bridgehead atoms. The Morgan fingerprint density at radius 2 is 2.12 bits per heavy atom. The quantitative estimate of drug-likeness (QED) is 0.783. The summed E-state index contributed by atoms with van der Waals surface area (Å²) in [5, 5.41) is 0. The molecule has 2 aliphatic rings. The van der Waals surface area contributed by atoms with Crippen molar-refractivity contribution < 1.29 is 0 Å². The van der Waals surface area contributed by atoms with Crippen molar-refractivity contribution in [3.05, 3.63) is 45.9 Å². The summed E-state index contributed by atoms with van der Waals surface area (Å²) in [6.07, 6.45) is 2.61. The van der Waals surface area contributed by atoms with Gasteiger partial charge in [-0.15, -0.1) is 11.8 Å². The normalized spacial score (nSPS) is 20.8. The number of aryl methyl sites for hydroxylation is 1. The maximum Gasteiger partial charge on any atom is 0.0239 e. The predicted octanol–water partition coefficient (Wildman–Crippen LogP) is 3.59. The first-order chi connectivity index (χ1) is 8.33. The third-order valence-corrected chi connectivity index (χ3v) is 5.05. The standard InChI is InChI=1S/C15H19NS/c1-12-4-2-3-5-13(12)10-16-8-6-15-14(11-16)7-9-17-15/h2-5H,6-11H2,1H3. The topological polar surface area (TPSA) is 3.24 Å². The van der Waals surface area contributed by atoms with Crippen LogP contribution in [-0.4, -0.2) is 23.7 Å². The van der Waals surface area contributed by atoms with Crippen LogP contribution >= 0.6 is 11.8 Å². The maximum absolute atomic E-state index is 2.60. The number of rotatable bonds is 2. The van der Waals surface area contributed by atoms with Crippen LogP contribution in [-0.2, 0) is 6.54 Å². The summed E-state index contributed by atoms with van der Waals surface area (Å²) in [4.78, 5) is 4.30. The fraction of sp³-hybridized carbons (Fsp3) is 0.467. The summed E-state index contributed by atoms with van der Waals surface area (Å²) < 4.78 is 0. The van der Waals surface area contributed by atoms with Crippen molar-refractivity contribution in [3.63, 3.8) is 0 Å². The van der Waals surface area contributed by atoms with Crippen molar-refractivity contribution in [2.75, 3.05) is 18.8 Å². The fourth-order valence-corrected chi connectivity index (χ4v) is 3.93. The molecule has 0 aliphatic carbocycles. The molecule has 1 nitrogen and oxygen atoms in total. The summed E-state index contributed by atoms with van der Waals surface area (Å²) in [5.41, 5.74) is 4.63. The van der Waals surface area contributed by atoms with E-state index in [1.165, 1.54) is 42.8 Å². The van der Waals surface area contributed by atoms with E-state index in [4.69, 9.17) is 0 Å². The van der Waals surface area contributed by atoms with Crippen molar-refractivity contribution in [2.24, 2.45) is 0 Å². The fourth-order valence-electron chi connectivity index (χ4n) is 2.73. The molecule has 0 atom stereocenters. The van der Waals surface area contributed by atoms with Crippen LogP contribution in [0.25, 0.3) is 0 Å². The summed E-state index contributed by atoms with van der Waals surface area (Å²) in [6.45, 7) is 5.78. The third-order valence-electron chi connectivity index (χ3n) is 3.80. The van der Waals surface area contributed by atoms with Gasteiger partial charge in [-0.3, -0.25) is 4.90 Å². The Morgan fingerprint density at radius 3 is 3.00 bits per heavy atom. The number of hydrogen-bond acceptors (Lipinski definition) is 2. The zero-order valence-corrected chi connectivity index (χ0v) is 11.2. The number of benzene rings is 1. The average Bonchev–Trinajstić information content (AvgIpc) is 2.79. The molecular formula is C15H19NS. The number of hydrogen-bond donors (Lipinski definition) is 0. The van der Waals surface area contributed by atoms with E-state index in [2.05, 4.69) is 47.9 Å². The summed E-state index contributed by atoms with van der Waals surface area (Å²) in [7, 11) is 0. The molecule has 0 spiro atoms. The molecule has 2 heteroatoms. The lowest BCUT2D eigenvalue weighted by Crippen LogP contribution is -2.30. The monoisotopic (exact) mass is 245 g/mol. The van der Waals surface area contributed by atoms with Gasteiger partial charge in [0.25, 0.3) is 0 Å². The van der Waals surface area contributed by atoms with Crippen LogP contribution in [0.4, 0.5) is 0 Å². The zero-order valence-electron chi connectivity index (χ0n) is 10.4. The lowest BCUT2D eigenvalue weighted by atomic mass is 10.0. The van der Waals surface area contributed by atoms with Gasteiger partial charge in [-0.25, -0.2) is 0 Å². The molecule has 0 amide bonds. The third kappa shape index (κ3) is 2.43. The van der Waals surface area contributed by atoms with Crippen molar-refractivity contribution in [1.82, 2.24) is 4.90 Å². The first kappa shape index (κ1) is 11.4. The van der Waals surface area contributed by atoms with Gasteiger partial charge < -0.3 is 0 Å². The Morgan fingerprint density at radius 1 is 1.24 bits per heavy atom. The van der Waals surface area contributed by atoms with Crippen LogP contribution in [0.3, 0.4) is 0 Å². The number of nitrogens with zero attached hydrogens (tertiary/aromatic N) is 1. The highest BCUT2D eigenvalue weighted by atomic mass is 32.2. The summed E-state index contributed by atoms with van der Waals surface area (Å²) in [5.74, 6) is 1.32. The molecule has 0 N–H and O–H groups in total. The van der Waals surface area contributed by atoms with Gasteiger partial charge in [-0.2, -0.15) is 0 Å². The minimum Gasteiger partial charge on any atom is -0.295 e. The highest BCUT2D eigenvalue weighted by Crippen LogP contribution is 2.37. The molecule has 0 saturated heterocycles. The minimum absolute atomic E-state index is 1.12. The molecular weight excluding hydrogens is 226 g/mol. The van der Waals surface area contributed by atoms with E-state index >= 15 is 0 Å². The Labute approximate surface area is 108 Å². The van der Waals surface area contributed by atoms with Crippen molar-refractivity contribution in [2.45, 2.75) is 26.3 Å². The molecule has 1 aromatic carbocycles. The van der Waals surface area contributed by atoms with Crippen LogP contribution in [0.5, 0.6) is 0 Å². The van der Waals surface area contributed by atoms with Gasteiger partial charge >= 0.3 is 0 Å². The number of thioether (sulfide) groups is 1. The molecule has 2 heterocycles. The smallest absolute Gasteiger partial charge is 0.0239 e. The largest absolute Gasteiger partial charge is 0.295 e. The predicted molar refractivity (Wildman–Crippen MR) is 75.2 cm³/mol. The Bertz CT molecular complexity index is 450. The van der Waals surface area contributed by atoms with Gasteiger partial charge in [0, 0.05) is 25.4 Å². The molecule has 0 fully saturated rings. The van der Waals surface area contributed by atoms with Crippen LogP contribution in [0, 0.1) is 6.92 Å². The van der Waals surface area contributed by atoms with E-state index in [1.54, 1.807) is 10.5 Å². The van der Waals surface area contributed by atoms with Gasteiger partial charge in [0.2, 0.25) is 0 Å².